The molecule has 2 aromatic heterocycles. The van der Waals surface area contributed by atoms with Crippen LogP contribution in [-0.2, 0) is 84.2 Å². The fourth-order valence-electron chi connectivity index (χ4n) is 12.5. The van der Waals surface area contributed by atoms with Gasteiger partial charge in [0.25, 0.3) is 20.2 Å². The number of piperazine rings is 1. The first-order chi connectivity index (χ1) is 48.1. The van der Waals surface area contributed by atoms with Gasteiger partial charge in [-0.25, -0.2) is 9.56 Å². The molecule has 5 heterocycles. The zero-order chi connectivity index (χ0) is 72.7. The Kier molecular flexibility index (Phi) is 26.6. The van der Waals surface area contributed by atoms with Crippen molar-refractivity contribution in [2.24, 2.45) is 0 Å². The molecule has 0 saturated carbocycles. The highest BCUT2D eigenvalue weighted by Crippen LogP contribution is 2.33. The number of aryl methyl sites for hydroxylation is 3. The second-order valence-electron chi connectivity index (χ2n) is 25.3. The number of imidazole rings is 1. The first-order valence-electron chi connectivity index (χ1n) is 33.1. The zero-order valence-corrected chi connectivity index (χ0v) is 59.7. The van der Waals surface area contributed by atoms with E-state index in [0.29, 0.717) is 167 Å². The summed E-state index contributed by atoms with van der Waals surface area (Å²) in [6.45, 7) is 17.9. The topological polar surface area (TPSA) is 338 Å². The van der Waals surface area contributed by atoms with Crippen LogP contribution in [0.15, 0.2) is 101 Å². The lowest BCUT2D eigenvalue weighted by atomic mass is 9.86. The van der Waals surface area contributed by atoms with Crippen LogP contribution in [0.1, 0.15) is 80.5 Å². The molecule has 5 N–H and O–H groups in total. The Morgan fingerprint density at radius 1 is 0.713 bits per heavy atom. The number of hydrogen-bond donors (Lipinski definition) is 4. The van der Waals surface area contributed by atoms with Gasteiger partial charge in [0.15, 0.2) is 11.4 Å². The second-order valence-corrected chi connectivity index (χ2v) is 32.4. The standard InChI is InChI=1S/C68H84N8O15S2Si.C2HF3O2/c1-46-37-52(59(78)7-6-25-85-27-29-87-31-33-89-35-36-90-34-32-88-30-28-86-26-19-54(77)15-12-48-8-10-49(11-9-48)44-91-67-65-66(71-45-70-65)72-68(69)73-67)38-47(2)63(46)64-56-17-14-53(40-61(56)94(4,5)62-42-58-50(39-57(62)64)18-20-74(58)3)76-23-21-75(22-24-76)43-51-13-16-55(92(79,80)81)41-60(51)93(82,83)84;3-2(4,5)1(6)7/h8-11,13-14,16-17,37-42,45,69H,6-7,12,15,18-36,43-44H2,1-5H3,(H3,78,79,80,81,82,83,84);(H,6,7). The van der Waals surface area contributed by atoms with Gasteiger partial charge in [-0.1, -0.05) is 49.5 Å². The van der Waals surface area contributed by atoms with Gasteiger partial charge in [-0.3, -0.25) is 23.6 Å². The largest absolute Gasteiger partial charge is 0.542 e. The smallest absolute Gasteiger partial charge is 0.430 e. The number of nitrogens with two attached hydrogens (primary N) is 1. The van der Waals surface area contributed by atoms with Crippen molar-refractivity contribution in [3.05, 3.63) is 152 Å². The molecular formula is C70H85F3N8O17S2Si. The van der Waals surface area contributed by atoms with Crippen LogP contribution >= 0.6 is 0 Å². The minimum Gasteiger partial charge on any atom is -0.542 e. The van der Waals surface area contributed by atoms with Crippen molar-refractivity contribution in [3.8, 4) is 5.88 Å². The number of anilines is 2. The minimum absolute atomic E-state index is 0.0708. The lowest BCUT2D eigenvalue weighted by Gasteiger charge is -2.38. The van der Waals surface area contributed by atoms with E-state index in [1.165, 1.54) is 50.0 Å². The molecule has 25 nitrogen and oxygen atoms in total. The maximum atomic E-state index is 13.8. The van der Waals surface area contributed by atoms with Crippen LogP contribution in [0.4, 0.5) is 24.8 Å². The van der Waals surface area contributed by atoms with Crippen molar-refractivity contribution >= 4 is 84.6 Å². The monoisotopic (exact) mass is 1460 g/mol. The van der Waals surface area contributed by atoms with Crippen LogP contribution in [0.2, 0.25) is 13.1 Å². The molecule has 101 heavy (non-hydrogen) atoms. The third kappa shape index (κ3) is 20.9. The van der Waals surface area contributed by atoms with Crippen LogP contribution in [0.25, 0.3) is 16.7 Å². The fourth-order valence-corrected chi connectivity index (χ4v) is 16.9. The molecule has 10 rings (SSSR count). The number of nitrogens with zero attached hydrogens (tertiary/aromatic N) is 6. The molecule has 3 aliphatic heterocycles. The average molecular weight is 1460 g/mol. The van der Waals surface area contributed by atoms with Crippen LogP contribution in [0.5, 0.6) is 5.88 Å². The Morgan fingerprint density at radius 3 is 1.90 bits per heavy atom. The van der Waals surface area contributed by atoms with Crippen molar-refractivity contribution in [1.82, 2.24) is 29.4 Å². The predicted octanol–water partition coefficient (Wildman–Crippen LogP) is 3.96. The number of Topliss-reactive ketones (excluding diaryl/α,β-unsaturated/α-hetero) is 2. The summed E-state index contributed by atoms with van der Waals surface area (Å²) >= 11 is 0. The number of alkyl halides is 3. The minimum atomic E-state index is -5.19. The predicted molar refractivity (Wildman–Crippen MR) is 370 cm³/mol. The van der Waals surface area contributed by atoms with E-state index in [-0.39, 0.29) is 29.6 Å². The lowest BCUT2D eigenvalue weighted by Crippen LogP contribution is -2.64. The first-order valence-corrected chi connectivity index (χ1v) is 39.0. The molecule has 0 bridgehead atoms. The molecule has 0 amide bonds. The van der Waals surface area contributed by atoms with Gasteiger partial charge in [-0.15, -0.1) is 0 Å². The van der Waals surface area contributed by atoms with E-state index >= 15 is 0 Å². The summed E-state index contributed by atoms with van der Waals surface area (Å²) < 4.78 is 141. The number of carbonyl (C=O) groups is 3. The van der Waals surface area contributed by atoms with Gasteiger partial charge in [0.2, 0.25) is 17.2 Å². The molecule has 7 aromatic rings. The average Bonchev–Trinajstić information content (AvgIpc) is 1.50. The van der Waals surface area contributed by atoms with E-state index in [4.69, 9.17) is 48.8 Å². The number of aromatic nitrogens is 4. The molecule has 1 fully saturated rings. The lowest BCUT2D eigenvalue weighted by molar-refractivity contribution is -0.344. The highest BCUT2D eigenvalue weighted by atomic mass is 32.2. The molecule has 0 aliphatic carbocycles. The normalized spacial score (nSPS) is 14.5. The van der Waals surface area contributed by atoms with E-state index in [9.17, 15) is 48.7 Å². The number of carbonyl (C=O) groups excluding carboxylic acids is 3. The van der Waals surface area contributed by atoms with E-state index in [2.05, 4.69) is 98.6 Å². The summed E-state index contributed by atoms with van der Waals surface area (Å²) in [5.41, 5.74) is 17.8. The molecule has 0 unspecified atom stereocenters. The van der Waals surface area contributed by atoms with E-state index in [0.717, 1.165) is 58.6 Å². The van der Waals surface area contributed by atoms with Crippen LogP contribution in [-0.4, -0.2) is 202 Å². The first kappa shape index (κ1) is 77.2. The highest BCUT2D eigenvalue weighted by Gasteiger charge is 2.38. The third-order valence-corrected chi connectivity index (χ3v) is 23.1. The molecule has 0 spiro atoms. The number of H-pyrrole nitrogens is 1. The summed E-state index contributed by atoms with van der Waals surface area (Å²) in [5.74, 6) is -2.37. The van der Waals surface area contributed by atoms with Gasteiger partial charge in [-0.05, 0) is 129 Å². The van der Waals surface area contributed by atoms with E-state index < -0.39 is 50.2 Å². The molecule has 0 radical (unpaired) electrons. The number of ether oxygens (including phenoxy) is 7. The number of nitrogens with one attached hydrogen (secondary N) is 1. The number of carboxylic acids is 1. The Hall–Kier alpha value is -7.92. The van der Waals surface area contributed by atoms with E-state index in [1.54, 1.807) is 0 Å². The van der Waals surface area contributed by atoms with Crippen molar-refractivity contribution in [2.45, 2.75) is 94.6 Å². The van der Waals surface area contributed by atoms with Crippen LogP contribution in [0.3, 0.4) is 0 Å². The molecule has 31 heteroatoms. The zero-order valence-electron chi connectivity index (χ0n) is 57.1. The quantitative estimate of drug-likeness (QED) is 0.0144. The second kappa shape index (κ2) is 34.8. The third-order valence-electron chi connectivity index (χ3n) is 17.8. The van der Waals surface area contributed by atoms with Crippen molar-refractivity contribution in [2.75, 3.05) is 130 Å². The number of likely N-dealkylation sites (N-methyl/N-ethyl adjacent to an activating group) is 1. The number of ketones is 2. The number of aromatic amines is 1. The van der Waals surface area contributed by atoms with Crippen LogP contribution < -0.4 is 46.0 Å². The Balaban J connectivity index is 0.00000161. The molecule has 3 aliphatic rings. The van der Waals surface area contributed by atoms with Gasteiger partial charge in [0.1, 0.15) is 45.5 Å². The van der Waals surface area contributed by atoms with Crippen LogP contribution in [0, 0.1) is 13.8 Å². The summed E-state index contributed by atoms with van der Waals surface area (Å²) in [7, 11) is -9.63. The number of rotatable bonds is 35. The van der Waals surface area contributed by atoms with Crippen molar-refractivity contribution in [1.29, 1.82) is 0 Å². The fraction of sp³-hybridized carbons (Fsp3) is 0.443. The molecule has 5 aromatic carbocycles. The number of hydrogen-bond acceptors (Lipinski definition) is 21. The summed E-state index contributed by atoms with van der Waals surface area (Å²) in [5, 5.41) is 14.0. The van der Waals surface area contributed by atoms with Crippen molar-refractivity contribution in [3.63, 3.8) is 0 Å². The van der Waals surface area contributed by atoms with Crippen molar-refractivity contribution < 1.29 is 91.8 Å². The SMILES string of the molecule is Cc1cc(C(=O)CCCOCCOCCOCCOCCOCCOCCC(=O)CCc2ccc(COc3nc(N)nc4nc[nH]c34)cc2)cc(C)c1C1=c2cc3c(cc2[Si](C)(C)c2cc(N4CCN(Cc5ccc(S(=O)(=O)O)cc5S(=O)(=O)O)CC4)ccc21)=[N+](C)CC3.O=C([O-])C(F)(F)F. The summed E-state index contributed by atoms with van der Waals surface area (Å²) in [4.78, 5) is 53.6. The number of aliphatic carboxylic acids is 1. The molecule has 544 valence electrons. The Bertz CT molecular complexity index is 4460. The number of halogens is 3. The highest BCUT2D eigenvalue weighted by molar-refractivity contribution is 7.86. The number of benzene rings is 5. The van der Waals surface area contributed by atoms with E-state index in [1.807, 2.05) is 36.4 Å². The van der Waals surface area contributed by atoms with Gasteiger partial charge in [0, 0.05) is 87.9 Å². The number of fused-ring (bicyclic) bond motifs is 4. The summed E-state index contributed by atoms with van der Waals surface area (Å²) in [6, 6.07) is 26.9. The number of nitrogen functional groups attached to an aromatic ring is 1. The maximum absolute atomic E-state index is 13.8. The van der Waals surface area contributed by atoms with Gasteiger partial charge >= 0.3 is 6.18 Å². The van der Waals surface area contributed by atoms with Gasteiger partial charge in [-0.2, -0.15) is 40.0 Å². The molecular weight excluding hydrogens is 1370 g/mol. The molecule has 1 saturated heterocycles. The Morgan fingerprint density at radius 2 is 1.31 bits per heavy atom. The maximum Gasteiger partial charge on any atom is 0.430 e. The van der Waals surface area contributed by atoms with Gasteiger partial charge < -0.3 is 58.7 Å². The summed E-state index contributed by atoms with van der Waals surface area (Å²) in [6.07, 6.45) is -0.349. The molecule has 0 atom stereocenters. The Labute approximate surface area is 585 Å². The van der Waals surface area contributed by atoms with Gasteiger partial charge in [0.05, 0.1) is 88.8 Å². The number of carboxylic acid groups (broad SMARTS) is 1.